The van der Waals surface area contributed by atoms with Crippen LogP contribution in [0.15, 0.2) is 109 Å². The first-order valence-electron chi connectivity index (χ1n) is 24.6. The zero-order valence-corrected chi connectivity index (χ0v) is 41.9. The predicted molar refractivity (Wildman–Crippen MR) is 270 cm³/mol. The molecule has 2 unspecified atom stereocenters. The maximum absolute atomic E-state index is 12.7. The number of allylic oxidation sites excluding steroid dienone is 17. The number of carbonyl (C=O) groups is 2. The van der Waals surface area contributed by atoms with Gasteiger partial charge in [0.1, 0.15) is 19.8 Å². The van der Waals surface area contributed by atoms with Gasteiger partial charge in [0.25, 0.3) is 0 Å². The van der Waals surface area contributed by atoms with Crippen molar-refractivity contribution < 1.29 is 42.1 Å². The molecule has 0 heterocycles. The predicted octanol–water partition coefficient (Wildman–Crippen LogP) is 14.7. The van der Waals surface area contributed by atoms with Gasteiger partial charge in [0.05, 0.1) is 34.2 Å². The van der Waals surface area contributed by atoms with E-state index in [0.29, 0.717) is 17.4 Å². The highest BCUT2D eigenvalue weighted by molar-refractivity contribution is 7.47. The van der Waals surface area contributed by atoms with Gasteiger partial charge in [-0.3, -0.25) is 18.6 Å². The molecule has 0 aromatic carbocycles. The molecule has 0 saturated carbocycles. The minimum atomic E-state index is -4.41. The third-order valence-corrected chi connectivity index (χ3v) is 10.8. The van der Waals surface area contributed by atoms with Crippen molar-refractivity contribution in [1.29, 1.82) is 0 Å². The third kappa shape index (κ3) is 48.1. The maximum atomic E-state index is 12.7. The van der Waals surface area contributed by atoms with Crippen LogP contribution in [0.4, 0.5) is 0 Å². The summed E-state index contributed by atoms with van der Waals surface area (Å²) in [4.78, 5) is 35.4. The summed E-state index contributed by atoms with van der Waals surface area (Å²) in [6, 6.07) is 0. The SMILES string of the molecule is CC/C=C\C/C=C\C/C=C\C/C=C\C/C=C\CC(=O)OC(COC(=O)CCCCCCCCCCCCCC/C=C\C/C=C\C/C=C\C/C=C\CC)COP(=O)(O)OCC[N+](C)(C)C. The molecule has 0 aliphatic carbocycles. The number of carbonyl (C=O) groups excluding carboxylic acids is 2. The highest BCUT2D eigenvalue weighted by Crippen LogP contribution is 2.43. The molecule has 64 heavy (non-hydrogen) atoms. The molecule has 0 spiro atoms. The summed E-state index contributed by atoms with van der Waals surface area (Å²) in [7, 11) is 1.40. The second-order valence-corrected chi connectivity index (χ2v) is 18.6. The van der Waals surface area contributed by atoms with Gasteiger partial charge < -0.3 is 18.9 Å². The largest absolute Gasteiger partial charge is 0.472 e. The number of likely N-dealkylation sites (N-methyl/N-ethyl adjacent to an activating group) is 1. The number of phosphoric acid groups is 1. The average Bonchev–Trinajstić information content (AvgIpc) is 3.25. The highest BCUT2D eigenvalue weighted by Gasteiger charge is 2.27. The van der Waals surface area contributed by atoms with Gasteiger partial charge in [-0.05, 0) is 77.0 Å². The molecule has 0 bridgehead atoms. The molecule has 0 rings (SSSR count). The van der Waals surface area contributed by atoms with Gasteiger partial charge >= 0.3 is 19.8 Å². The smallest absolute Gasteiger partial charge is 0.462 e. The zero-order chi connectivity index (χ0) is 47.1. The Labute approximate surface area is 391 Å². The standard InChI is InChI=1S/C54H90NO8P/c1-6-8-10-12-14-16-18-20-22-23-24-25-26-27-28-29-30-31-33-34-36-38-40-42-44-46-53(56)60-50-52(51-62-64(58,59)61-49-48-55(3,4)5)63-54(57)47-45-43-41-39-37-35-32-21-19-17-15-13-11-9-7-2/h8-11,14-17,20-22,24-25,32,37,39,43,45,52H,6-7,12-13,18-19,23,26-31,33-36,38,40-42,44,46-51H2,1-5H3/p+1/b10-8-,11-9-,16-14-,17-15-,22-20-,25-24-,32-21-,39-37-,45-43-. The van der Waals surface area contributed by atoms with Crippen LogP contribution in [0.5, 0.6) is 0 Å². The minimum absolute atomic E-state index is 0.00249. The lowest BCUT2D eigenvalue weighted by Crippen LogP contribution is -2.37. The topological polar surface area (TPSA) is 108 Å². The van der Waals surface area contributed by atoms with Gasteiger partial charge in [-0.1, -0.05) is 187 Å². The van der Waals surface area contributed by atoms with Crippen LogP contribution in [-0.4, -0.2) is 74.9 Å². The van der Waals surface area contributed by atoms with E-state index in [9.17, 15) is 19.0 Å². The number of hydrogen-bond donors (Lipinski definition) is 1. The van der Waals surface area contributed by atoms with Crippen LogP contribution < -0.4 is 0 Å². The summed E-state index contributed by atoms with van der Waals surface area (Å²) in [5, 5.41) is 0. The third-order valence-electron chi connectivity index (χ3n) is 9.83. The second-order valence-electron chi connectivity index (χ2n) is 17.1. The Morgan fingerprint density at radius 1 is 0.500 bits per heavy atom. The average molecular weight is 913 g/mol. The molecular formula is C54H91NO8P+. The molecule has 1 N–H and O–H groups in total. The lowest BCUT2D eigenvalue weighted by atomic mass is 10.0. The van der Waals surface area contributed by atoms with Crippen molar-refractivity contribution in [2.24, 2.45) is 0 Å². The van der Waals surface area contributed by atoms with E-state index in [1.54, 1.807) is 6.08 Å². The van der Waals surface area contributed by atoms with E-state index in [1.165, 1.54) is 57.8 Å². The van der Waals surface area contributed by atoms with E-state index in [0.717, 1.165) is 77.0 Å². The maximum Gasteiger partial charge on any atom is 0.472 e. The van der Waals surface area contributed by atoms with Gasteiger partial charge in [-0.2, -0.15) is 0 Å². The number of ether oxygens (including phenoxy) is 2. The fourth-order valence-corrected chi connectivity index (χ4v) is 6.82. The van der Waals surface area contributed by atoms with Crippen molar-refractivity contribution >= 4 is 19.8 Å². The van der Waals surface area contributed by atoms with Crippen LogP contribution in [0.3, 0.4) is 0 Å². The number of unbranched alkanes of at least 4 members (excludes halogenated alkanes) is 12. The Morgan fingerprint density at radius 3 is 1.33 bits per heavy atom. The summed E-state index contributed by atoms with van der Waals surface area (Å²) in [5.74, 6) is -0.957. The molecular weight excluding hydrogens is 822 g/mol. The van der Waals surface area contributed by atoms with Crippen molar-refractivity contribution in [2.45, 2.75) is 174 Å². The van der Waals surface area contributed by atoms with Gasteiger partial charge in [-0.25, -0.2) is 4.57 Å². The number of nitrogens with zero attached hydrogens (tertiary/aromatic N) is 1. The fourth-order valence-electron chi connectivity index (χ4n) is 6.08. The van der Waals surface area contributed by atoms with E-state index in [4.69, 9.17) is 18.5 Å². The van der Waals surface area contributed by atoms with Crippen LogP contribution in [0.25, 0.3) is 0 Å². The monoisotopic (exact) mass is 913 g/mol. The number of phosphoric ester groups is 1. The van der Waals surface area contributed by atoms with E-state index < -0.39 is 32.5 Å². The number of esters is 2. The van der Waals surface area contributed by atoms with Crippen molar-refractivity contribution in [3.8, 4) is 0 Å². The Hall–Kier alpha value is -3.33. The Balaban J connectivity index is 4.31. The van der Waals surface area contributed by atoms with Crippen LogP contribution in [0, 0.1) is 0 Å². The summed E-state index contributed by atoms with van der Waals surface area (Å²) in [6.45, 7) is 4.06. The van der Waals surface area contributed by atoms with Crippen molar-refractivity contribution in [1.82, 2.24) is 0 Å². The zero-order valence-electron chi connectivity index (χ0n) is 41.0. The van der Waals surface area contributed by atoms with E-state index in [1.807, 2.05) is 33.3 Å². The first-order valence-corrected chi connectivity index (χ1v) is 26.1. The summed E-state index contributed by atoms with van der Waals surface area (Å²) < 4.78 is 34.2. The summed E-state index contributed by atoms with van der Waals surface area (Å²) >= 11 is 0. The first-order chi connectivity index (χ1) is 31.0. The van der Waals surface area contributed by atoms with Crippen LogP contribution in [0.2, 0.25) is 0 Å². The molecule has 9 nitrogen and oxygen atoms in total. The molecule has 364 valence electrons. The minimum Gasteiger partial charge on any atom is -0.462 e. The van der Waals surface area contributed by atoms with E-state index in [-0.39, 0.29) is 26.1 Å². The van der Waals surface area contributed by atoms with Crippen molar-refractivity contribution in [2.75, 3.05) is 47.5 Å². The molecule has 0 aliphatic rings. The Morgan fingerprint density at radius 2 is 0.891 bits per heavy atom. The molecule has 10 heteroatoms. The molecule has 2 atom stereocenters. The summed E-state index contributed by atoms with van der Waals surface area (Å²) in [5.41, 5.74) is 0. The van der Waals surface area contributed by atoms with Gasteiger partial charge in [0, 0.05) is 6.42 Å². The lowest BCUT2D eigenvalue weighted by molar-refractivity contribution is -0.870. The van der Waals surface area contributed by atoms with Crippen LogP contribution >= 0.6 is 7.82 Å². The quantitative estimate of drug-likeness (QED) is 0.0212. The molecule has 0 fully saturated rings. The lowest BCUT2D eigenvalue weighted by Gasteiger charge is -2.24. The number of hydrogen-bond acceptors (Lipinski definition) is 7. The summed E-state index contributed by atoms with van der Waals surface area (Å²) in [6.07, 6.45) is 61.8. The second kappa shape index (κ2) is 44.9. The molecule has 0 radical (unpaired) electrons. The van der Waals surface area contributed by atoms with Crippen LogP contribution in [-0.2, 0) is 32.7 Å². The Bertz CT molecular complexity index is 1450. The van der Waals surface area contributed by atoms with Crippen molar-refractivity contribution in [3.63, 3.8) is 0 Å². The number of quaternary nitrogens is 1. The van der Waals surface area contributed by atoms with E-state index >= 15 is 0 Å². The first kappa shape index (κ1) is 60.7. The number of rotatable bonds is 43. The highest BCUT2D eigenvalue weighted by atomic mass is 31.2. The fraction of sp³-hybridized carbons (Fsp3) is 0.630. The molecule has 0 saturated heterocycles. The van der Waals surface area contributed by atoms with Gasteiger partial charge in [0.15, 0.2) is 6.10 Å². The molecule has 0 aromatic heterocycles. The Kier molecular flexibility index (Phi) is 42.5. The van der Waals surface area contributed by atoms with Crippen LogP contribution in [0.1, 0.15) is 168 Å². The molecule has 0 amide bonds. The molecule has 0 aliphatic heterocycles. The van der Waals surface area contributed by atoms with Gasteiger partial charge in [-0.15, -0.1) is 0 Å². The normalized spacial score (nSPS) is 14.4. The van der Waals surface area contributed by atoms with Gasteiger partial charge in [0.2, 0.25) is 0 Å². The van der Waals surface area contributed by atoms with E-state index in [2.05, 4.69) is 105 Å². The molecule has 0 aromatic rings. The van der Waals surface area contributed by atoms with Crippen molar-refractivity contribution in [3.05, 3.63) is 109 Å².